The van der Waals surface area contributed by atoms with Gasteiger partial charge in [-0.15, -0.1) is 0 Å². The van der Waals surface area contributed by atoms with Crippen molar-refractivity contribution in [3.8, 4) is 0 Å². The average molecular weight is 435 g/mol. The summed E-state index contributed by atoms with van der Waals surface area (Å²) >= 11 is 0. The van der Waals surface area contributed by atoms with Crippen LogP contribution in [0.1, 0.15) is 86.0 Å². The van der Waals surface area contributed by atoms with Gasteiger partial charge in [-0.2, -0.15) is 0 Å². The smallest absolute Gasteiger partial charge is 0.302 e. The summed E-state index contributed by atoms with van der Waals surface area (Å²) in [5, 5.41) is 12.2. The number of esters is 2. The molecule has 9 atom stereocenters. The minimum Gasteiger partial charge on any atom is -0.463 e. The third kappa shape index (κ3) is 3.27. The largest absolute Gasteiger partial charge is 0.463 e. The maximum Gasteiger partial charge on any atom is 0.302 e. The summed E-state index contributed by atoms with van der Waals surface area (Å²) in [5.41, 5.74) is -2.05. The van der Waals surface area contributed by atoms with Gasteiger partial charge in [0.05, 0.1) is 0 Å². The molecule has 6 heteroatoms. The molecule has 4 aliphatic rings. The normalized spacial score (nSPS) is 47.5. The zero-order valence-corrected chi connectivity index (χ0v) is 19.6. The Morgan fingerprint density at radius 1 is 1.03 bits per heavy atom. The van der Waals surface area contributed by atoms with Crippen LogP contribution >= 0.6 is 0 Å². The van der Waals surface area contributed by atoms with E-state index in [2.05, 4.69) is 13.8 Å². The highest BCUT2D eigenvalue weighted by molar-refractivity contribution is 5.90. The van der Waals surface area contributed by atoms with Crippen molar-refractivity contribution in [1.29, 1.82) is 0 Å². The maximum atomic E-state index is 13.8. The Kier molecular flexibility index (Phi) is 5.55. The standard InChI is InChI=1S/C25H38O6/c1-14(30-15(2)26)19-8-9-20-21-7-6-17-12-18(31-16(3)27)10-11-24(17,5)25(21,29)22(28)13-23(19,20)4/h14,17-21,29H,6-13H2,1-5H3/t14-,17+,18-,19-,20+,21+,23-,24+,25+/m1/s1. The second kappa shape index (κ2) is 7.57. The fourth-order valence-electron chi connectivity index (χ4n) is 8.48. The van der Waals surface area contributed by atoms with Crippen molar-refractivity contribution in [2.45, 2.75) is 104 Å². The van der Waals surface area contributed by atoms with Crippen molar-refractivity contribution < 1.29 is 29.0 Å². The number of carbonyl (C=O) groups excluding carboxylic acids is 3. The summed E-state index contributed by atoms with van der Waals surface area (Å²) in [6, 6.07) is 0. The molecule has 6 nitrogen and oxygen atoms in total. The summed E-state index contributed by atoms with van der Waals surface area (Å²) in [7, 11) is 0. The molecule has 4 rings (SSSR count). The zero-order valence-electron chi connectivity index (χ0n) is 19.6. The first kappa shape index (κ1) is 22.8. The predicted octanol–water partition coefficient (Wildman–Crippen LogP) is 3.82. The number of ether oxygens (including phenoxy) is 2. The molecule has 0 saturated heterocycles. The number of hydrogen-bond acceptors (Lipinski definition) is 6. The lowest BCUT2D eigenvalue weighted by atomic mass is 9.42. The van der Waals surface area contributed by atoms with Crippen molar-refractivity contribution in [3.63, 3.8) is 0 Å². The van der Waals surface area contributed by atoms with Crippen LogP contribution in [0.5, 0.6) is 0 Å². The molecular weight excluding hydrogens is 396 g/mol. The molecule has 0 heterocycles. The molecule has 4 fully saturated rings. The van der Waals surface area contributed by atoms with Gasteiger partial charge in [-0.1, -0.05) is 13.8 Å². The topological polar surface area (TPSA) is 89.9 Å². The van der Waals surface area contributed by atoms with Crippen LogP contribution in [0.2, 0.25) is 0 Å². The molecule has 4 aliphatic carbocycles. The van der Waals surface area contributed by atoms with Gasteiger partial charge in [-0.25, -0.2) is 0 Å². The van der Waals surface area contributed by atoms with Crippen LogP contribution in [-0.4, -0.2) is 40.6 Å². The Balaban J connectivity index is 1.62. The van der Waals surface area contributed by atoms with E-state index in [0.29, 0.717) is 19.3 Å². The van der Waals surface area contributed by atoms with Gasteiger partial charge in [-0.3, -0.25) is 14.4 Å². The number of carbonyl (C=O) groups is 3. The first-order chi connectivity index (χ1) is 14.4. The number of Topliss-reactive ketones (excluding diaryl/α,β-unsaturated/α-hetero) is 1. The zero-order chi connectivity index (χ0) is 22.8. The highest BCUT2D eigenvalue weighted by Crippen LogP contribution is 2.68. The fourth-order valence-corrected chi connectivity index (χ4v) is 8.48. The molecule has 4 saturated carbocycles. The summed E-state index contributed by atoms with van der Waals surface area (Å²) in [6.07, 6.45) is 5.79. The molecule has 0 spiro atoms. The van der Waals surface area contributed by atoms with Crippen LogP contribution in [0.3, 0.4) is 0 Å². The molecule has 0 radical (unpaired) electrons. The molecule has 31 heavy (non-hydrogen) atoms. The van der Waals surface area contributed by atoms with E-state index in [1.807, 2.05) is 6.92 Å². The lowest BCUT2D eigenvalue weighted by Crippen LogP contribution is -2.70. The minimum absolute atomic E-state index is 0.0312. The summed E-state index contributed by atoms with van der Waals surface area (Å²) in [5.74, 6) is -0.0593. The third-order valence-corrected chi connectivity index (χ3v) is 9.85. The molecule has 174 valence electrons. The van der Waals surface area contributed by atoms with Crippen LogP contribution in [0, 0.1) is 34.5 Å². The van der Waals surface area contributed by atoms with Gasteiger partial charge in [0.25, 0.3) is 0 Å². The van der Waals surface area contributed by atoms with E-state index in [9.17, 15) is 19.5 Å². The van der Waals surface area contributed by atoms with E-state index in [0.717, 1.165) is 32.1 Å². The van der Waals surface area contributed by atoms with Crippen molar-refractivity contribution in [1.82, 2.24) is 0 Å². The van der Waals surface area contributed by atoms with Gasteiger partial charge < -0.3 is 14.6 Å². The van der Waals surface area contributed by atoms with Crippen LogP contribution in [0.15, 0.2) is 0 Å². The first-order valence-electron chi connectivity index (χ1n) is 12.0. The summed E-state index contributed by atoms with van der Waals surface area (Å²) in [4.78, 5) is 36.8. The molecule has 0 aromatic heterocycles. The second-order valence-corrected chi connectivity index (χ2v) is 11.3. The monoisotopic (exact) mass is 434 g/mol. The van der Waals surface area contributed by atoms with Crippen LogP contribution in [-0.2, 0) is 23.9 Å². The van der Waals surface area contributed by atoms with E-state index >= 15 is 0 Å². The predicted molar refractivity (Wildman–Crippen MR) is 114 cm³/mol. The Bertz CT molecular complexity index is 778. The molecule has 0 bridgehead atoms. The Hall–Kier alpha value is -1.43. The number of aliphatic hydroxyl groups is 1. The number of fused-ring (bicyclic) bond motifs is 5. The van der Waals surface area contributed by atoms with Crippen LogP contribution < -0.4 is 0 Å². The SMILES string of the molecule is CC(=O)O[C@@H]1CC[C@@]2(C)[C@@H](CC[C@H]3[C@@H]4CC[C@H]([C@@H](C)OC(C)=O)[C@@]4(C)CC(=O)[C@@]32O)C1. The summed E-state index contributed by atoms with van der Waals surface area (Å²) < 4.78 is 11.0. The molecule has 1 N–H and O–H groups in total. The quantitative estimate of drug-likeness (QED) is 0.679. The maximum absolute atomic E-state index is 13.8. The van der Waals surface area contributed by atoms with E-state index in [1.54, 1.807) is 0 Å². The molecule has 0 aromatic rings. The third-order valence-electron chi connectivity index (χ3n) is 9.85. The Labute approximate surface area is 185 Å². The van der Waals surface area contributed by atoms with Gasteiger partial charge in [0, 0.05) is 31.6 Å². The van der Waals surface area contributed by atoms with Gasteiger partial charge >= 0.3 is 11.9 Å². The lowest BCUT2D eigenvalue weighted by Gasteiger charge is -2.64. The first-order valence-corrected chi connectivity index (χ1v) is 12.0. The molecule has 0 amide bonds. The van der Waals surface area contributed by atoms with E-state index < -0.39 is 11.0 Å². The van der Waals surface area contributed by atoms with Crippen molar-refractivity contribution >= 4 is 17.7 Å². The van der Waals surface area contributed by atoms with Gasteiger partial charge in [0.2, 0.25) is 0 Å². The van der Waals surface area contributed by atoms with Gasteiger partial charge in [-0.05, 0) is 75.0 Å². The minimum atomic E-state index is -1.32. The Morgan fingerprint density at radius 3 is 2.35 bits per heavy atom. The second-order valence-electron chi connectivity index (χ2n) is 11.3. The molecule has 0 aromatic carbocycles. The Morgan fingerprint density at radius 2 is 1.71 bits per heavy atom. The van der Waals surface area contributed by atoms with Crippen molar-refractivity contribution in [2.24, 2.45) is 34.5 Å². The molecule has 0 unspecified atom stereocenters. The van der Waals surface area contributed by atoms with Crippen LogP contribution in [0.25, 0.3) is 0 Å². The highest BCUT2D eigenvalue weighted by atomic mass is 16.5. The van der Waals surface area contributed by atoms with Crippen molar-refractivity contribution in [2.75, 3.05) is 0 Å². The lowest BCUT2D eigenvalue weighted by molar-refractivity contribution is -0.231. The molecule has 0 aliphatic heterocycles. The van der Waals surface area contributed by atoms with Crippen molar-refractivity contribution in [3.05, 3.63) is 0 Å². The fraction of sp³-hybridized carbons (Fsp3) is 0.880. The molecular formula is C25H38O6. The summed E-state index contributed by atoms with van der Waals surface area (Å²) in [6.45, 7) is 9.10. The van der Waals surface area contributed by atoms with Gasteiger partial charge in [0.15, 0.2) is 5.78 Å². The number of ketones is 1. The van der Waals surface area contributed by atoms with E-state index in [-0.39, 0.29) is 59.0 Å². The highest BCUT2D eigenvalue weighted by Gasteiger charge is 2.71. The van der Waals surface area contributed by atoms with E-state index in [1.165, 1.54) is 13.8 Å². The number of hydrogen-bond donors (Lipinski definition) is 1. The number of rotatable bonds is 3. The average Bonchev–Trinajstić information content (AvgIpc) is 2.99. The van der Waals surface area contributed by atoms with E-state index in [4.69, 9.17) is 9.47 Å². The van der Waals surface area contributed by atoms with Crippen LogP contribution in [0.4, 0.5) is 0 Å². The van der Waals surface area contributed by atoms with Gasteiger partial charge in [0.1, 0.15) is 17.8 Å².